The zero-order chi connectivity index (χ0) is 21.2. The molecule has 0 bridgehead atoms. The smallest absolute Gasteiger partial charge is 0.481 e. The first-order valence-corrected chi connectivity index (χ1v) is 9.49. The zero-order valence-electron chi connectivity index (χ0n) is 16.4. The predicted molar refractivity (Wildman–Crippen MR) is 103 cm³/mol. The summed E-state index contributed by atoms with van der Waals surface area (Å²) in [6.45, 7) is 5.97. The average Bonchev–Trinajstić information content (AvgIpc) is 2.56. The van der Waals surface area contributed by atoms with Crippen molar-refractivity contribution < 1.29 is 27.8 Å². The highest BCUT2D eigenvalue weighted by Gasteiger charge is 2.33. The molecule has 2 aromatic carbocycles. The van der Waals surface area contributed by atoms with Crippen molar-refractivity contribution in [3.63, 3.8) is 0 Å². The number of carboxylic acid groups (broad SMARTS) is 1. The lowest BCUT2D eigenvalue weighted by molar-refractivity contribution is -0.274. The van der Waals surface area contributed by atoms with Crippen molar-refractivity contribution in [1.29, 1.82) is 0 Å². The number of hydrogen-bond acceptors (Lipinski definition) is 3. The van der Waals surface area contributed by atoms with Crippen LogP contribution in [0.4, 0.5) is 13.2 Å². The summed E-state index contributed by atoms with van der Waals surface area (Å²) < 4.78 is 41.1. The Labute approximate surface area is 167 Å². The fourth-order valence-corrected chi connectivity index (χ4v) is 3.74. The molecule has 0 amide bonds. The summed E-state index contributed by atoms with van der Waals surface area (Å²) in [6.07, 6.45) is -3.37. The van der Waals surface area contributed by atoms with E-state index in [-0.39, 0.29) is 11.7 Å². The van der Waals surface area contributed by atoms with Gasteiger partial charge < -0.3 is 9.84 Å². The van der Waals surface area contributed by atoms with E-state index >= 15 is 0 Å². The van der Waals surface area contributed by atoms with Gasteiger partial charge in [0.2, 0.25) is 0 Å². The van der Waals surface area contributed by atoms with Gasteiger partial charge in [-0.3, -0.25) is 9.69 Å². The molecule has 3 rings (SSSR count). The van der Waals surface area contributed by atoms with Crippen LogP contribution in [0.5, 0.6) is 5.75 Å². The van der Waals surface area contributed by atoms with Crippen molar-refractivity contribution in [1.82, 2.24) is 4.90 Å². The molecule has 1 heterocycles. The first-order chi connectivity index (χ1) is 13.6. The molecule has 29 heavy (non-hydrogen) atoms. The van der Waals surface area contributed by atoms with Crippen LogP contribution >= 0.6 is 0 Å². The van der Waals surface area contributed by atoms with Gasteiger partial charge in [0.05, 0.1) is 5.92 Å². The average molecular weight is 407 g/mol. The number of aliphatic carboxylic acids is 1. The second-order valence-corrected chi connectivity index (χ2v) is 7.63. The molecule has 0 aliphatic carbocycles. The largest absolute Gasteiger partial charge is 0.573 e. The van der Waals surface area contributed by atoms with E-state index in [1.54, 1.807) is 12.1 Å². The normalized spacial score (nSPS) is 15.2. The lowest BCUT2D eigenvalue weighted by Gasteiger charge is -2.37. The Morgan fingerprint density at radius 1 is 1.10 bits per heavy atom. The minimum Gasteiger partial charge on any atom is -0.481 e. The molecular weight excluding hydrogens is 383 g/mol. The van der Waals surface area contributed by atoms with Crippen LogP contribution in [0.25, 0.3) is 0 Å². The summed E-state index contributed by atoms with van der Waals surface area (Å²) in [5.41, 5.74) is 5.41. The van der Waals surface area contributed by atoms with Crippen LogP contribution in [0, 0.1) is 19.8 Å². The van der Waals surface area contributed by atoms with Crippen molar-refractivity contribution in [2.75, 3.05) is 13.1 Å². The fourth-order valence-electron chi connectivity index (χ4n) is 3.74. The number of nitrogens with zero attached hydrogens (tertiary/aromatic N) is 1. The van der Waals surface area contributed by atoms with Crippen molar-refractivity contribution >= 4 is 5.97 Å². The molecule has 2 aromatic rings. The zero-order valence-corrected chi connectivity index (χ0v) is 16.4. The molecule has 1 aliphatic rings. The van der Waals surface area contributed by atoms with E-state index in [9.17, 15) is 18.0 Å². The molecule has 0 aromatic heterocycles. The maximum Gasteiger partial charge on any atom is 0.573 e. The first kappa shape index (κ1) is 21.2. The molecule has 0 unspecified atom stereocenters. The number of alkyl halides is 3. The molecule has 1 fully saturated rings. The Balaban J connectivity index is 1.61. The van der Waals surface area contributed by atoms with Gasteiger partial charge in [0.1, 0.15) is 5.75 Å². The SMILES string of the molecule is Cc1cc(CCc2cccc(OC(F)(F)F)c2)cc(C)c1CN1CC(C(=O)O)C1. The van der Waals surface area contributed by atoms with Crippen LogP contribution in [0.3, 0.4) is 0 Å². The summed E-state index contributed by atoms with van der Waals surface area (Å²) in [5, 5.41) is 9.00. The highest BCUT2D eigenvalue weighted by atomic mass is 19.4. The van der Waals surface area contributed by atoms with E-state index in [2.05, 4.69) is 21.8 Å². The molecule has 0 spiro atoms. The van der Waals surface area contributed by atoms with Gasteiger partial charge in [0.25, 0.3) is 0 Å². The number of halogens is 3. The van der Waals surface area contributed by atoms with E-state index in [0.29, 0.717) is 25.9 Å². The molecular formula is C22H24F3NO3. The summed E-state index contributed by atoms with van der Waals surface area (Å²) in [4.78, 5) is 13.1. The van der Waals surface area contributed by atoms with Gasteiger partial charge in [-0.05, 0) is 66.6 Å². The molecule has 7 heteroatoms. The van der Waals surface area contributed by atoms with E-state index in [4.69, 9.17) is 5.11 Å². The Morgan fingerprint density at radius 2 is 1.72 bits per heavy atom. The Morgan fingerprint density at radius 3 is 2.31 bits per heavy atom. The van der Waals surface area contributed by atoms with E-state index in [0.717, 1.165) is 28.8 Å². The van der Waals surface area contributed by atoms with E-state index in [1.807, 2.05) is 13.8 Å². The topological polar surface area (TPSA) is 49.8 Å². The molecule has 4 nitrogen and oxygen atoms in total. The number of benzene rings is 2. The minimum atomic E-state index is -4.69. The Hall–Kier alpha value is -2.54. The number of carbonyl (C=O) groups is 1. The van der Waals surface area contributed by atoms with Crippen molar-refractivity contribution in [2.45, 2.75) is 39.6 Å². The van der Waals surface area contributed by atoms with Crippen molar-refractivity contribution in [2.24, 2.45) is 5.92 Å². The summed E-state index contributed by atoms with van der Waals surface area (Å²) in [6, 6.07) is 10.3. The molecule has 0 radical (unpaired) electrons. The number of aryl methyl sites for hydroxylation is 4. The molecule has 1 aliphatic heterocycles. The maximum atomic E-state index is 12.4. The van der Waals surface area contributed by atoms with Gasteiger partial charge in [-0.2, -0.15) is 0 Å². The third kappa shape index (κ3) is 5.73. The minimum absolute atomic E-state index is 0.202. The second-order valence-electron chi connectivity index (χ2n) is 7.63. The van der Waals surface area contributed by atoms with Gasteiger partial charge in [0.15, 0.2) is 0 Å². The molecule has 1 N–H and O–H groups in total. The maximum absolute atomic E-state index is 12.4. The number of rotatable bonds is 7. The second kappa shape index (κ2) is 8.45. The molecule has 0 atom stereocenters. The van der Waals surface area contributed by atoms with Crippen molar-refractivity contribution in [3.05, 3.63) is 64.2 Å². The monoisotopic (exact) mass is 407 g/mol. The van der Waals surface area contributed by atoms with Gasteiger partial charge in [-0.1, -0.05) is 24.3 Å². The Kier molecular flexibility index (Phi) is 6.17. The third-order valence-corrected chi connectivity index (χ3v) is 5.28. The van der Waals surface area contributed by atoms with Gasteiger partial charge in [0, 0.05) is 19.6 Å². The quantitative estimate of drug-likeness (QED) is 0.734. The van der Waals surface area contributed by atoms with Gasteiger partial charge >= 0.3 is 12.3 Å². The molecule has 0 saturated carbocycles. The third-order valence-electron chi connectivity index (χ3n) is 5.28. The van der Waals surface area contributed by atoms with Crippen LogP contribution in [0.15, 0.2) is 36.4 Å². The highest BCUT2D eigenvalue weighted by molar-refractivity contribution is 5.71. The highest BCUT2D eigenvalue weighted by Crippen LogP contribution is 2.26. The number of hydrogen-bond donors (Lipinski definition) is 1. The van der Waals surface area contributed by atoms with Gasteiger partial charge in [-0.15, -0.1) is 13.2 Å². The number of carboxylic acids is 1. The number of likely N-dealkylation sites (tertiary alicyclic amines) is 1. The van der Waals surface area contributed by atoms with Crippen LogP contribution in [0.2, 0.25) is 0 Å². The summed E-state index contributed by atoms with van der Waals surface area (Å²) >= 11 is 0. The molecule has 156 valence electrons. The van der Waals surface area contributed by atoms with E-state index in [1.165, 1.54) is 17.7 Å². The summed E-state index contributed by atoms with van der Waals surface area (Å²) in [5.74, 6) is -1.21. The first-order valence-electron chi connectivity index (χ1n) is 9.49. The predicted octanol–water partition coefficient (Wildman–Crippen LogP) is 4.50. The van der Waals surface area contributed by atoms with E-state index < -0.39 is 12.3 Å². The van der Waals surface area contributed by atoms with Crippen LogP contribution in [0.1, 0.15) is 27.8 Å². The van der Waals surface area contributed by atoms with Crippen LogP contribution in [-0.2, 0) is 24.2 Å². The lowest BCUT2D eigenvalue weighted by atomic mass is 9.93. The summed E-state index contributed by atoms with van der Waals surface area (Å²) in [7, 11) is 0. The van der Waals surface area contributed by atoms with Crippen molar-refractivity contribution in [3.8, 4) is 5.75 Å². The van der Waals surface area contributed by atoms with Crippen LogP contribution in [-0.4, -0.2) is 35.4 Å². The van der Waals surface area contributed by atoms with Gasteiger partial charge in [-0.25, -0.2) is 0 Å². The lowest BCUT2D eigenvalue weighted by Crippen LogP contribution is -2.49. The van der Waals surface area contributed by atoms with Crippen LogP contribution < -0.4 is 4.74 Å². The number of ether oxygens (including phenoxy) is 1. The molecule has 1 saturated heterocycles. The fraction of sp³-hybridized carbons (Fsp3) is 0.409. The standard InChI is InChI=1S/C22H24F3NO3/c1-14-8-17(7-6-16-4-3-5-19(10-16)29-22(23,24)25)9-15(2)20(14)13-26-11-18(12-26)21(27)28/h3-5,8-10,18H,6-7,11-13H2,1-2H3,(H,27,28). The Bertz CT molecular complexity index is 866.